The lowest BCUT2D eigenvalue weighted by molar-refractivity contribution is -0.129. The van der Waals surface area contributed by atoms with Crippen molar-refractivity contribution in [2.45, 2.75) is 6.92 Å². The highest BCUT2D eigenvalue weighted by atomic mass is 19.1. The van der Waals surface area contributed by atoms with Crippen LogP contribution in [0.2, 0.25) is 0 Å². The fraction of sp³-hybridized carbons (Fsp3) is 0.417. The molecule has 0 unspecified atom stereocenters. The van der Waals surface area contributed by atoms with Gasteiger partial charge in [0.05, 0.1) is 11.4 Å². The molecule has 0 spiro atoms. The third-order valence-electron chi connectivity index (χ3n) is 3.06. The maximum Gasteiger partial charge on any atom is 0.219 e. The van der Waals surface area contributed by atoms with E-state index < -0.39 is 0 Å². The number of anilines is 2. The second-order valence-electron chi connectivity index (χ2n) is 4.20. The Hall–Kier alpha value is -1.78. The number of halogens is 1. The van der Waals surface area contributed by atoms with Crippen LogP contribution in [0, 0.1) is 5.82 Å². The fourth-order valence-electron chi connectivity index (χ4n) is 2.05. The van der Waals surface area contributed by atoms with E-state index in [1.54, 1.807) is 17.9 Å². The first kappa shape index (κ1) is 11.7. The highest BCUT2D eigenvalue weighted by Crippen LogP contribution is 2.25. The molecule has 2 N–H and O–H groups in total. The Bertz CT molecular complexity index is 428. The van der Waals surface area contributed by atoms with E-state index >= 15 is 0 Å². The van der Waals surface area contributed by atoms with Gasteiger partial charge in [-0.15, -0.1) is 0 Å². The number of nitrogens with two attached hydrogens (primary N) is 1. The molecule has 1 fully saturated rings. The molecule has 92 valence electrons. The van der Waals surface area contributed by atoms with E-state index in [9.17, 15) is 9.18 Å². The van der Waals surface area contributed by atoms with E-state index in [-0.39, 0.29) is 11.7 Å². The number of carbonyl (C=O) groups excluding carboxylic acids is 1. The maximum atomic E-state index is 13.2. The number of nitrogen functional groups attached to an aromatic ring is 1. The molecule has 0 radical (unpaired) electrons. The molecule has 0 bridgehead atoms. The number of carbonyl (C=O) groups is 1. The van der Waals surface area contributed by atoms with Gasteiger partial charge in [0.25, 0.3) is 0 Å². The van der Waals surface area contributed by atoms with Gasteiger partial charge in [-0.2, -0.15) is 0 Å². The second-order valence-corrected chi connectivity index (χ2v) is 4.20. The second kappa shape index (κ2) is 4.61. The van der Waals surface area contributed by atoms with Crippen molar-refractivity contribution in [1.29, 1.82) is 0 Å². The van der Waals surface area contributed by atoms with E-state index in [0.29, 0.717) is 37.6 Å². The predicted octanol–water partition coefficient (Wildman–Crippen LogP) is 1.08. The van der Waals surface area contributed by atoms with Crippen molar-refractivity contribution in [3.8, 4) is 0 Å². The van der Waals surface area contributed by atoms with Crippen molar-refractivity contribution < 1.29 is 9.18 Å². The molecule has 1 amide bonds. The van der Waals surface area contributed by atoms with E-state index in [4.69, 9.17) is 5.73 Å². The standard InChI is InChI=1S/C12H16FN3O/c1-9(17)15-4-6-16(7-5-15)12-8-10(13)2-3-11(12)14/h2-3,8H,4-7,14H2,1H3. The minimum Gasteiger partial charge on any atom is -0.397 e. The van der Waals surface area contributed by atoms with E-state index in [0.717, 1.165) is 0 Å². The average molecular weight is 237 g/mol. The summed E-state index contributed by atoms with van der Waals surface area (Å²) in [5.41, 5.74) is 7.11. The Morgan fingerprint density at radius 2 is 1.94 bits per heavy atom. The minimum absolute atomic E-state index is 0.0804. The van der Waals surface area contributed by atoms with Gasteiger partial charge in [-0.1, -0.05) is 0 Å². The van der Waals surface area contributed by atoms with Gasteiger partial charge in [0, 0.05) is 33.1 Å². The summed E-state index contributed by atoms with van der Waals surface area (Å²) >= 11 is 0. The van der Waals surface area contributed by atoms with E-state index in [1.165, 1.54) is 12.1 Å². The highest BCUT2D eigenvalue weighted by Gasteiger charge is 2.20. The Balaban J connectivity index is 2.10. The first-order chi connectivity index (χ1) is 8.08. The van der Waals surface area contributed by atoms with Crippen molar-refractivity contribution in [2.75, 3.05) is 36.8 Å². The number of rotatable bonds is 1. The van der Waals surface area contributed by atoms with Gasteiger partial charge < -0.3 is 15.5 Å². The molecule has 1 heterocycles. The quantitative estimate of drug-likeness (QED) is 0.743. The first-order valence-electron chi connectivity index (χ1n) is 5.63. The third kappa shape index (κ3) is 2.49. The van der Waals surface area contributed by atoms with Crippen LogP contribution in [0.5, 0.6) is 0 Å². The molecule has 1 aliphatic rings. The van der Waals surface area contributed by atoms with E-state index in [2.05, 4.69) is 0 Å². The summed E-state index contributed by atoms with van der Waals surface area (Å²) < 4.78 is 13.2. The SMILES string of the molecule is CC(=O)N1CCN(c2cc(F)ccc2N)CC1. The summed E-state index contributed by atoms with van der Waals surface area (Å²) in [4.78, 5) is 15.0. The number of nitrogens with zero attached hydrogens (tertiary/aromatic N) is 2. The average Bonchev–Trinajstić information content (AvgIpc) is 2.32. The maximum absolute atomic E-state index is 13.2. The van der Waals surface area contributed by atoms with Crippen molar-refractivity contribution >= 4 is 17.3 Å². The molecule has 1 aliphatic heterocycles. The molecular weight excluding hydrogens is 221 g/mol. The van der Waals surface area contributed by atoms with Crippen LogP contribution in [-0.4, -0.2) is 37.0 Å². The molecular formula is C12H16FN3O. The van der Waals surface area contributed by atoms with Crippen LogP contribution in [0.3, 0.4) is 0 Å². The molecule has 2 rings (SSSR count). The first-order valence-corrected chi connectivity index (χ1v) is 5.63. The molecule has 0 aromatic heterocycles. The molecule has 1 aromatic carbocycles. The van der Waals surface area contributed by atoms with Gasteiger partial charge in [-0.25, -0.2) is 4.39 Å². The topological polar surface area (TPSA) is 49.6 Å². The lowest BCUT2D eigenvalue weighted by Crippen LogP contribution is -2.48. The zero-order valence-corrected chi connectivity index (χ0v) is 9.82. The molecule has 17 heavy (non-hydrogen) atoms. The zero-order valence-electron chi connectivity index (χ0n) is 9.82. The van der Waals surface area contributed by atoms with Gasteiger partial charge >= 0.3 is 0 Å². The van der Waals surface area contributed by atoms with Crippen LogP contribution >= 0.6 is 0 Å². The van der Waals surface area contributed by atoms with Crippen molar-refractivity contribution in [1.82, 2.24) is 4.90 Å². The number of hydrogen-bond acceptors (Lipinski definition) is 3. The van der Waals surface area contributed by atoms with Crippen molar-refractivity contribution in [2.24, 2.45) is 0 Å². The van der Waals surface area contributed by atoms with Gasteiger partial charge in [-0.3, -0.25) is 4.79 Å². The van der Waals surface area contributed by atoms with Crippen LogP contribution in [-0.2, 0) is 4.79 Å². The van der Waals surface area contributed by atoms with Crippen LogP contribution in [0.25, 0.3) is 0 Å². The number of piperazine rings is 1. The summed E-state index contributed by atoms with van der Waals surface area (Å²) in [6, 6.07) is 4.37. The molecule has 0 aliphatic carbocycles. The summed E-state index contributed by atoms with van der Waals surface area (Å²) in [5, 5.41) is 0. The van der Waals surface area contributed by atoms with Crippen molar-refractivity contribution in [3.63, 3.8) is 0 Å². The molecule has 5 heteroatoms. The van der Waals surface area contributed by atoms with Gasteiger partial charge in [0.1, 0.15) is 5.82 Å². The lowest BCUT2D eigenvalue weighted by atomic mass is 10.2. The smallest absolute Gasteiger partial charge is 0.219 e. The van der Waals surface area contributed by atoms with Crippen molar-refractivity contribution in [3.05, 3.63) is 24.0 Å². The largest absolute Gasteiger partial charge is 0.397 e. The van der Waals surface area contributed by atoms with Crippen LogP contribution in [0.15, 0.2) is 18.2 Å². The Morgan fingerprint density at radius 3 is 2.53 bits per heavy atom. The fourth-order valence-corrected chi connectivity index (χ4v) is 2.05. The van der Waals surface area contributed by atoms with Crippen LogP contribution < -0.4 is 10.6 Å². The molecule has 0 saturated carbocycles. The van der Waals surface area contributed by atoms with E-state index in [1.807, 2.05) is 4.90 Å². The van der Waals surface area contributed by atoms with Crippen LogP contribution in [0.1, 0.15) is 6.92 Å². The number of hydrogen-bond donors (Lipinski definition) is 1. The lowest BCUT2D eigenvalue weighted by Gasteiger charge is -2.36. The van der Waals surface area contributed by atoms with Crippen LogP contribution in [0.4, 0.5) is 15.8 Å². The number of benzene rings is 1. The minimum atomic E-state index is -0.289. The molecule has 1 aromatic rings. The Kier molecular flexibility index (Phi) is 3.17. The summed E-state index contributed by atoms with van der Waals surface area (Å²) in [6.45, 7) is 4.25. The summed E-state index contributed by atoms with van der Waals surface area (Å²) in [6.07, 6.45) is 0. The molecule has 0 atom stereocenters. The molecule has 4 nitrogen and oxygen atoms in total. The Morgan fingerprint density at radius 1 is 1.29 bits per heavy atom. The summed E-state index contributed by atoms with van der Waals surface area (Å²) in [7, 11) is 0. The molecule has 1 saturated heterocycles. The monoisotopic (exact) mass is 237 g/mol. The van der Waals surface area contributed by atoms with Gasteiger partial charge in [-0.05, 0) is 18.2 Å². The zero-order chi connectivity index (χ0) is 12.4. The highest BCUT2D eigenvalue weighted by molar-refractivity contribution is 5.74. The normalized spacial score (nSPS) is 16.1. The Labute approximate surface area is 99.8 Å². The van der Waals surface area contributed by atoms with Gasteiger partial charge in [0.2, 0.25) is 5.91 Å². The van der Waals surface area contributed by atoms with Gasteiger partial charge in [0.15, 0.2) is 0 Å². The summed E-state index contributed by atoms with van der Waals surface area (Å²) in [5.74, 6) is -0.208. The number of amides is 1. The predicted molar refractivity (Wildman–Crippen MR) is 65.3 cm³/mol. The third-order valence-corrected chi connectivity index (χ3v) is 3.06.